The van der Waals surface area contributed by atoms with Crippen molar-refractivity contribution in [2.75, 3.05) is 12.4 Å². The second kappa shape index (κ2) is 5.69. The van der Waals surface area contributed by atoms with Crippen molar-refractivity contribution in [2.24, 2.45) is 0 Å². The van der Waals surface area contributed by atoms with E-state index in [1.165, 1.54) is 0 Å². The number of nitrogens with zero attached hydrogens (tertiary/aromatic N) is 2. The zero-order valence-corrected chi connectivity index (χ0v) is 11.0. The van der Waals surface area contributed by atoms with Gasteiger partial charge >= 0.3 is 0 Å². The van der Waals surface area contributed by atoms with E-state index in [2.05, 4.69) is 15.3 Å². The fraction of sp³-hybridized carbons (Fsp3) is 0.231. The molecule has 1 aromatic carbocycles. The summed E-state index contributed by atoms with van der Waals surface area (Å²) in [6.45, 7) is 2.24. The summed E-state index contributed by atoms with van der Waals surface area (Å²) in [7, 11) is 1.82. The average Bonchev–Trinajstić information content (AvgIpc) is 2.36. The summed E-state index contributed by atoms with van der Waals surface area (Å²) >= 11 is 5.88. The standard InChI is InChI=1S/C13H14ClN3O/c1-9-6-12(15-2)17-13(16-9)8-18-11-5-3-4-10(14)7-11/h3-7H,8H2,1-2H3,(H,15,16,17). The van der Waals surface area contributed by atoms with Gasteiger partial charge in [-0.05, 0) is 25.1 Å². The quantitative estimate of drug-likeness (QED) is 0.921. The maximum Gasteiger partial charge on any atom is 0.168 e. The Hall–Kier alpha value is -1.81. The second-order valence-electron chi connectivity index (χ2n) is 3.81. The van der Waals surface area contributed by atoms with E-state index in [1.54, 1.807) is 12.1 Å². The van der Waals surface area contributed by atoms with E-state index >= 15 is 0 Å². The molecule has 0 saturated heterocycles. The van der Waals surface area contributed by atoms with E-state index in [9.17, 15) is 0 Å². The summed E-state index contributed by atoms with van der Waals surface area (Å²) in [4.78, 5) is 8.62. The first-order chi connectivity index (χ1) is 8.67. The van der Waals surface area contributed by atoms with Gasteiger partial charge in [-0.3, -0.25) is 0 Å². The van der Waals surface area contributed by atoms with Crippen LogP contribution in [0, 0.1) is 6.92 Å². The van der Waals surface area contributed by atoms with Gasteiger partial charge in [0.1, 0.15) is 18.2 Å². The van der Waals surface area contributed by atoms with E-state index in [0.717, 1.165) is 11.5 Å². The molecule has 0 saturated carbocycles. The van der Waals surface area contributed by atoms with Crippen molar-refractivity contribution in [2.45, 2.75) is 13.5 Å². The van der Waals surface area contributed by atoms with Crippen molar-refractivity contribution in [3.05, 3.63) is 46.9 Å². The van der Waals surface area contributed by atoms with Gasteiger partial charge in [-0.15, -0.1) is 0 Å². The molecule has 0 spiro atoms. The van der Waals surface area contributed by atoms with Gasteiger partial charge in [0.2, 0.25) is 0 Å². The van der Waals surface area contributed by atoms with Crippen molar-refractivity contribution in [3.63, 3.8) is 0 Å². The third-order valence-corrected chi connectivity index (χ3v) is 2.56. The molecule has 0 aliphatic heterocycles. The van der Waals surface area contributed by atoms with Crippen LogP contribution in [0.5, 0.6) is 5.75 Å². The van der Waals surface area contributed by atoms with Gasteiger partial charge < -0.3 is 10.1 Å². The smallest absolute Gasteiger partial charge is 0.168 e. The van der Waals surface area contributed by atoms with Gasteiger partial charge in [0.25, 0.3) is 0 Å². The van der Waals surface area contributed by atoms with Crippen LogP contribution < -0.4 is 10.1 Å². The van der Waals surface area contributed by atoms with Crippen molar-refractivity contribution in [3.8, 4) is 5.75 Å². The SMILES string of the molecule is CNc1cc(C)nc(COc2cccc(Cl)c2)n1. The average molecular weight is 264 g/mol. The van der Waals surface area contributed by atoms with Crippen LogP contribution in [0.15, 0.2) is 30.3 Å². The van der Waals surface area contributed by atoms with Gasteiger partial charge in [0.05, 0.1) is 0 Å². The molecule has 94 valence electrons. The Morgan fingerprint density at radius 1 is 1.28 bits per heavy atom. The molecule has 0 atom stereocenters. The predicted octanol–water partition coefficient (Wildman–Crippen LogP) is 3.06. The molecule has 2 rings (SSSR count). The molecule has 0 aliphatic carbocycles. The number of hydrogen-bond acceptors (Lipinski definition) is 4. The monoisotopic (exact) mass is 263 g/mol. The molecule has 1 heterocycles. The normalized spacial score (nSPS) is 10.2. The molecule has 0 bridgehead atoms. The van der Waals surface area contributed by atoms with Gasteiger partial charge in [-0.25, -0.2) is 9.97 Å². The lowest BCUT2D eigenvalue weighted by atomic mass is 10.3. The van der Waals surface area contributed by atoms with Crippen molar-refractivity contribution in [1.82, 2.24) is 9.97 Å². The molecule has 0 radical (unpaired) electrons. The molecule has 0 unspecified atom stereocenters. The van der Waals surface area contributed by atoms with E-state index in [1.807, 2.05) is 32.2 Å². The molecule has 0 aliphatic rings. The van der Waals surface area contributed by atoms with Crippen LogP contribution in [0.3, 0.4) is 0 Å². The van der Waals surface area contributed by atoms with Gasteiger partial charge in [-0.2, -0.15) is 0 Å². The first-order valence-corrected chi connectivity index (χ1v) is 5.96. The molecule has 1 aromatic heterocycles. The molecule has 1 N–H and O–H groups in total. The molecular weight excluding hydrogens is 250 g/mol. The number of benzene rings is 1. The number of aryl methyl sites for hydroxylation is 1. The van der Waals surface area contributed by atoms with Crippen LogP contribution in [-0.2, 0) is 6.61 Å². The van der Waals surface area contributed by atoms with E-state index in [-0.39, 0.29) is 0 Å². The van der Waals surface area contributed by atoms with Crippen LogP contribution in [0.4, 0.5) is 5.82 Å². The molecule has 18 heavy (non-hydrogen) atoms. The minimum absolute atomic E-state index is 0.316. The highest BCUT2D eigenvalue weighted by Crippen LogP contribution is 2.18. The van der Waals surface area contributed by atoms with E-state index in [4.69, 9.17) is 16.3 Å². The number of aromatic nitrogens is 2. The predicted molar refractivity (Wildman–Crippen MR) is 72.1 cm³/mol. The lowest BCUT2D eigenvalue weighted by Gasteiger charge is -2.07. The summed E-state index contributed by atoms with van der Waals surface area (Å²) in [5.74, 6) is 2.13. The zero-order valence-electron chi connectivity index (χ0n) is 10.3. The molecule has 4 nitrogen and oxygen atoms in total. The third kappa shape index (κ3) is 3.34. The summed E-state index contributed by atoms with van der Waals surface area (Å²) < 4.78 is 5.59. The minimum atomic E-state index is 0.316. The molecule has 0 amide bonds. The number of rotatable bonds is 4. The number of anilines is 1. The highest BCUT2D eigenvalue weighted by atomic mass is 35.5. The maximum absolute atomic E-state index is 5.88. The molecular formula is C13H14ClN3O. The summed E-state index contributed by atoms with van der Waals surface area (Å²) in [6, 6.07) is 9.13. The molecule has 5 heteroatoms. The number of ether oxygens (including phenoxy) is 1. The lowest BCUT2D eigenvalue weighted by Crippen LogP contribution is -2.05. The Morgan fingerprint density at radius 2 is 2.11 bits per heavy atom. The van der Waals surface area contributed by atoms with Gasteiger partial charge in [0.15, 0.2) is 5.82 Å². The second-order valence-corrected chi connectivity index (χ2v) is 4.24. The molecule has 2 aromatic rings. The highest BCUT2D eigenvalue weighted by Gasteiger charge is 2.02. The van der Waals surface area contributed by atoms with E-state index in [0.29, 0.717) is 23.2 Å². The highest BCUT2D eigenvalue weighted by molar-refractivity contribution is 6.30. The number of nitrogens with one attached hydrogen (secondary N) is 1. The largest absolute Gasteiger partial charge is 0.486 e. The first-order valence-electron chi connectivity index (χ1n) is 5.58. The number of halogens is 1. The fourth-order valence-electron chi connectivity index (χ4n) is 1.53. The number of hydrogen-bond donors (Lipinski definition) is 1. The minimum Gasteiger partial charge on any atom is -0.486 e. The summed E-state index contributed by atoms with van der Waals surface area (Å²) in [5.41, 5.74) is 0.902. The molecule has 0 fully saturated rings. The Bertz CT molecular complexity index is 546. The van der Waals surface area contributed by atoms with Crippen LogP contribution in [0.2, 0.25) is 5.02 Å². The van der Waals surface area contributed by atoms with Gasteiger partial charge in [0, 0.05) is 23.8 Å². The summed E-state index contributed by atoms with van der Waals surface area (Å²) in [5, 5.41) is 3.63. The topological polar surface area (TPSA) is 47.0 Å². The van der Waals surface area contributed by atoms with Crippen LogP contribution >= 0.6 is 11.6 Å². The van der Waals surface area contributed by atoms with Crippen LogP contribution in [0.25, 0.3) is 0 Å². The third-order valence-electron chi connectivity index (χ3n) is 2.32. The van der Waals surface area contributed by atoms with Crippen molar-refractivity contribution in [1.29, 1.82) is 0 Å². The van der Waals surface area contributed by atoms with Crippen molar-refractivity contribution >= 4 is 17.4 Å². The Balaban J connectivity index is 2.08. The Labute approximate surface area is 111 Å². The summed E-state index contributed by atoms with van der Waals surface area (Å²) in [6.07, 6.45) is 0. The Kier molecular flexibility index (Phi) is 3.99. The zero-order chi connectivity index (χ0) is 13.0. The fourth-order valence-corrected chi connectivity index (χ4v) is 1.71. The van der Waals surface area contributed by atoms with Crippen LogP contribution in [-0.4, -0.2) is 17.0 Å². The first kappa shape index (κ1) is 12.6. The van der Waals surface area contributed by atoms with Gasteiger partial charge in [-0.1, -0.05) is 17.7 Å². The Morgan fingerprint density at radius 3 is 2.83 bits per heavy atom. The lowest BCUT2D eigenvalue weighted by molar-refractivity contribution is 0.295. The van der Waals surface area contributed by atoms with Crippen LogP contribution in [0.1, 0.15) is 11.5 Å². The van der Waals surface area contributed by atoms with Crippen molar-refractivity contribution < 1.29 is 4.74 Å². The van der Waals surface area contributed by atoms with E-state index < -0.39 is 0 Å². The maximum atomic E-state index is 5.88.